The average molecular weight is 201 g/mol. The lowest BCUT2D eigenvalue weighted by Gasteiger charge is -2.12. The summed E-state index contributed by atoms with van der Waals surface area (Å²) in [6, 6.07) is 8.47. The van der Waals surface area contributed by atoms with E-state index in [9.17, 15) is 4.79 Å². The number of carbonyl (C=O) groups is 1. The highest BCUT2D eigenvalue weighted by Crippen LogP contribution is 2.24. The molecule has 1 atom stereocenters. The molecule has 0 aliphatic rings. The van der Waals surface area contributed by atoms with Crippen LogP contribution in [0.25, 0.3) is 10.9 Å². The van der Waals surface area contributed by atoms with Gasteiger partial charge in [0.1, 0.15) is 0 Å². The van der Waals surface area contributed by atoms with Crippen molar-refractivity contribution in [3.8, 4) is 0 Å². The summed E-state index contributed by atoms with van der Waals surface area (Å²) in [6.07, 6.45) is 3.95. The van der Waals surface area contributed by atoms with Gasteiger partial charge in [0.15, 0.2) is 6.29 Å². The first-order chi connectivity index (χ1) is 7.27. The molecule has 2 rings (SSSR count). The second kappa shape index (κ2) is 3.89. The Balaban J connectivity index is 2.70. The molecule has 2 nitrogen and oxygen atoms in total. The first-order valence-corrected chi connectivity index (χ1v) is 5.32. The monoisotopic (exact) mass is 201 g/mol. The molecule has 1 heterocycles. The summed E-state index contributed by atoms with van der Waals surface area (Å²) in [7, 11) is 0. The van der Waals surface area contributed by atoms with Crippen LogP contribution in [-0.4, -0.2) is 10.9 Å². The fraction of sp³-hybridized carbons (Fsp3) is 0.308. The van der Waals surface area contributed by atoms with Crippen molar-refractivity contribution >= 4 is 17.2 Å². The Morgan fingerprint density at radius 1 is 1.40 bits per heavy atom. The van der Waals surface area contributed by atoms with E-state index in [1.165, 1.54) is 0 Å². The smallest absolute Gasteiger partial charge is 0.152 e. The van der Waals surface area contributed by atoms with Gasteiger partial charge in [-0.1, -0.05) is 25.1 Å². The van der Waals surface area contributed by atoms with Crippen molar-refractivity contribution in [1.82, 2.24) is 4.57 Å². The van der Waals surface area contributed by atoms with Crippen LogP contribution in [0.2, 0.25) is 0 Å². The Kier molecular flexibility index (Phi) is 2.58. The summed E-state index contributed by atoms with van der Waals surface area (Å²) >= 11 is 0. The Morgan fingerprint density at radius 3 is 2.80 bits per heavy atom. The van der Waals surface area contributed by atoms with Crippen molar-refractivity contribution in [2.75, 3.05) is 0 Å². The molecule has 1 unspecified atom stereocenters. The van der Waals surface area contributed by atoms with Crippen LogP contribution in [0, 0.1) is 0 Å². The fourth-order valence-corrected chi connectivity index (χ4v) is 1.89. The van der Waals surface area contributed by atoms with Crippen molar-refractivity contribution in [2.45, 2.75) is 26.3 Å². The molecular weight excluding hydrogens is 186 g/mol. The van der Waals surface area contributed by atoms with Gasteiger partial charge in [-0.05, 0) is 19.4 Å². The number of aldehydes is 1. The highest BCUT2D eigenvalue weighted by atomic mass is 16.1. The summed E-state index contributed by atoms with van der Waals surface area (Å²) < 4.78 is 2.18. The number of benzene rings is 1. The third kappa shape index (κ3) is 1.56. The lowest BCUT2D eigenvalue weighted by molar-refractivity contribution is 0.112. The molecule has 0 aliphatic carbocycles. The molecule has 78 valence electrons. The first-order valence-electron chi connectivity index (χ1n) is 5.32. The van der Waals surface area contributed by atoms with Gasteiger partial charge in [0.05, 0.1) is 0 Å². The number of nitrogens with zero attached hydrogens (tertiary/aromatic N) is 1. The third-order valence-electron chi connectivity index (χ3n) is 2.96. The highest BCUT2D eigenvalue weighted by molar-refractivity contribution is 5.97. The molecular formula is C13H15NO. The van der Waals surface area contributed by atoms with Crippen LogP contribution in [0.4, 0.5) is 0 Å². The molecule has 0 amide bonds. The summed E-state index contributed by atoms with van der Waals surface area (Å²) in [5.74, 6) is 0. The zero-order valence-corrected chi connectivity index (χ0v) is 9.10. The maximum absolute atomic E-state index is 10.9. The minimum atomic E-state index is 0.434. The number of para-hydroxylation sites is 1. The number of hydrogen-bond donors (Lipinski definition) is 0. The SMILES string of the molecule is CCC(C)n1cc(C=O)c2ccccc21. The van der Waals surface area contributed by atoms with E-state index in [0.717, 1.165) is 29.2 Å². The summed E-state index contributed by atoms with van der Waals surface area (Å²) in [4.78, 5) is 10.9. The number of fused-ring (bicyclic) bond motifs is 1. The van der Waals surface area contributed by atoms with Crippen LogP contribution in [0.5, 0.6) is 0 Å². The third-order valence-corrected chi connectivity index (χ3v) is 2.96. The molecule has 0 fully saturated rings. The van der Waals surface area contributed by atoms with E-state index in [0.29, 0.717) is 6.04 Å². The number of carbonyl (C=O) groups excluding carboxylic acids is 1. The molecule has 1 aromatic carbocycles. The van der Waals surface area contributed by atoms with E-state index in [2.05, 4.69) is 24.5 Å². The predicted octanol–water partition coefficient (Wildman–Crippen LogP) is 3.42. The standard InChI is InChI=1S/C13H15NO/c1-3-10(2)14-8-11(9-15)12-6-4-5-7-13(12)14/h4-10H,3H2,1-2H3. The predicted molar refractivity (Wildman–Crippen MR) is 62.3 cm³/mol. The molecule has 0 radical (unpaired) electrons. The number of rotatable bonds is 3. The van der Waals surface area contributed by atoms with Crippen LogP contribution in [0.1, 0.15) is 36.7 Å². The summed E-state index contributed by atoms with van der Waals surface area (Å²) in [5, 5.41) is 1.05. The second-order valence-electron chi connectivity index (χ2n) is 3.88. The largest absolute Gasteiger partial charge is 0.344 e. The van der Waals surface area contributed by atoms with E-state index in [1.54, 1.807) is 0 Å². The van der Waals surface area contributed by atoms with Gasteiger partial charge in [-0.2, -0.15) is 0 Å². The van der Waals surface area contributed by atoms with Gasteiger partial charge in [-0.3, -0.25) is 4.79 Å². The van der Waals surface area contributed by atoms with E-state index in [4.69, 9.17) is 0 Å². The lowest BCUT2D eigenvalue weighted by atomic mass is 10.2. The van der Waals surface area contributed by atoms with Gasteiger partial charge < -0.3 is 4.57 Å². The van der Waals surface area contributed by atoms with Crippen LogP contribution >= 0.6 is 0 Å². The molecule has 2 aromatic rings. The van der Waals surface area contributed by atoms with Gasteiger partial charge >= 0.3 is 0 Å². The van der Waals surface area contributed by atoms with Crippen molar-refractivity contribution in [3.63, 3.8) is 0 Å². The van der Waals surface area contributed by atoms with Gasteiger partial charge in [-0.25, -0.2) is 0 Å². The van der Waals surface area contributed by atoms with Crippen molar-refractivity contribution in [2.24, 2.45) is 0 Å². The molecule has 0 N–H and O–H groups in total. The van der Waals surface area contributed by atoms with Crippen molar-refractivity contribution in [1.29, 1.82) is 0 Å². The Bertz CT molecular complexity index is 484. The maximum atomic E-state index is 10.9. The zero-order valence-electron chi connectivity index (χ0n) is 9.10. The molecule has 0 bridgehead atoms. The molecule has 15 heavy (non-hydrogen) atoms. The number of aromatic nitrogens is 1. The van der Waals surface area contributed by atoms with Crippen LogP contribution in [0.3, 0.4) is 0 Å². The molecule has 1 aromatic heterocycles. The van der Waals surface area contributed by atoms with Crippen LogP contribution in [-0.2, 0) is 0 Å². The molecule has 0 spiro atoms. The van der Waals surface area contributed by atoms with E-state index < -0.39 is 0 Å². The van der Waals surface area contributed by atoms with Gasteiger partial charge in [0.25, 0.3) is 0 Å². The lowest BCUT2D eigenvalue weighted by Crippen LogP contribution is -2.01. The second-order valence-corrected chi connectivity index (χ2v) is 3.88. The number of hydrogen-bond acceptors (Lipinski definition) is 1. The van der Waals surface area contributed by atoms with Gasteiger partial charge in [-0.15, -0.1) is 0 Å². The summed E-state index contributed by atoms with van der Waals surface area (Å²) in [5.41, 5.74) is 1.93. The van der Waals surface area contributed by atoms with E-state index in [-0.39, 0.29) is 0 Å². The highest BCUT2D eigenvalue weighted by Gasteiger charge is 2.10. The van der Waals surface area contributed by atoms with Crippen molar-refractivity contribution in [3.05, 3.63) is 36.0 Å². The van der Waals surface area contributed by atoms with E-state index >= 15 is 0 Å². The quantitative estimate of drug-likeness (QED) is 0.697. The van der Waals surface area contributed by atoms with Crippen molar-refractivity contribution < 1.29 is 4.79 Å². The molecule has 0 aliphatic heterocycles. The first kappa shape index (κ1) is 9.97. The Morgan fingerprint density at radius 2 is 2.13 bits per heavy atom. The zero-order chi connectivity index (χ0) is 10.8. The maximum Gasteiger partial charge on any atom is 0.152 e. The van der Waals surface area contributed by atoms with Gasteiger partial charge in [0, 0.05) is 28.7 Å². The fourth-order valence-electron chi connectivity index (χ4n) is 1.89. The van der Waals surface area contributed by atoms with Crippen LogP contribution in [0.15, 0.2) is 30.5 Å². The average Bonchev–Trinajstić information content (AvgIpc) is 2.67. The minimum Gasteiger partial charge on any atom is -0.344 e. The van der Waals surface area contributed by atoms with Crippen LogP contribution < -0.4 is 0 Å². The Labute approximate surface area is 89.5 Å². The summed E-state index contributed by atoms with van der Waals surface area (Å²) in [6.45, 7) is 4.32. The molecule has 2 heteroatoms. The molecule has 0 saturated heterocycles. The molecule has 0 saturated carbocycles. The topological polar surface area (TPSA) is 22.0 Å². The van der Waals surface area contributed by atoms with Gasteiger partial charge in [0.2, 0.25) is 0 Å². The van der Waals surface area contributed by atoms with E-state index in [1.807, 2.05) is 24.4 Å². The normalized spacial score (nSPS) is 12.9. The Hall–Kier alpha value is -1.57. The minimum absolute atomic E-state index is 0.434.